The second-order valence-corrected chi connectivity index (χ2v) is 8.09. The lowest BCUT2D eigenvalue weighted by Crippen LogP contribution is -2.60. The zero-order valence-corrected chi connectivity index (χ0v) is 18.7. The summed E-state index contributed by atoms with van der Waals surface area (Å²) in [4.78, 5) is 59.6. The molecule has 0 aromatic carbocycles. The Labute approximate surface area is 186 Å². The van der Waals surface area contributed by atoms with Crippen molar-refractivity contribution in [1.29, 1.82) is 0 Å². The van der Waals surface area contributed by atoms with E-state index in [1.165, 1.54) is 13.8 Å². The average Bonchev–Trinajstić information content (AvgIpc) is 2.65. The Morgan fingerprint density at radius 1 is 0.812 bits per heavy atom. The maximum Gasteiger partial charge on any atom is 0.328 e. The predicted molar refractivity (Wildman–Crippen MR) is 113 cm³/mol. The van der Waals surface area contributed by atoms with Gasteiger partial charge in [0, 0.05) is 6.42 Å². The van der Waals surface area contributed by atoms with Gasteiger partial charge in [-0.05, 0) is 32.6 Å². The molecule has 0 aliphatic rings. The summed E-state index contributed by atoms with van der Waals surface area (Å²) in [6.45, 7) is 5.96. The second kappa shape index (κ2) is 13.6. The molecule has 0 aromatic heterocycles. The van der Waals surface area contributed by atoms with Crippen LogP contribution in [0.3, 0.4) is 0 Å². The topological polar surface area (TPSA) is 234 Å². The first-order valence-electron chi connectivity index (χ1n) is 10.2. The Kier molecular flexibility index (Phi) is 12.4. The molecule has 13 nitrogen and oxygen atoms in total. The monoisotopic (exact) mass is 461 g/mol. The van der Waals surface area contributed by atoms with Gasteiger partial charge < -0.3 is 42.7 Å². The third-order valence-electron chi connectivity index (χ3n) is 4.49. The number of aliphatic carboxylic acids is 1. The third kappa shape index (κ3) is 10.5. The fourth-order valence-corrected chi connectivity index (χ4v) is 2.70. The second-order valence-electron chi connectivity index (χ2n) is 8.09. The van der Waals surface area contributed by atoms with Crippen LogP contribution in [0.2, 0.25) is 0 Å². The first kappa shape index (κ1) is 29.2. The first-order valence-corrected chi connectivity index (χ1v) is 10.2. The van der Waals surface area contributed by atoms with E-state index in [0.717, 1.165) is 0 Å². The van der Waals surface area contributed by atoms with Crippen LogP contribution in [0.25, 0.3) is 0 Å². The SMILES string of the molecule is CC(C)CC(NC(=O)C(NC(=O)C(N)CCC(N)=O)C(C)O)C(=O)NC(C(=O)O)C(C)O. The molecule has 184 valence electrons. The first-order chi connectivity index (χ1) is 14.7. The van der Waals surface area contributed by atoms with E-state index in [9.17, 15) is 34.2 Å². The lowest BCUT2D eigenvalue weighted by molar-refractivity contribution is -0.145. The number of nitrogens with two attached hydrogens (primary N) is 2. The molecule has 0 aliphatic carbocycles. The molecule has 0 saturated heterocycles. The molecule has 32 heavy (non-hydrogen) atoms. The number of primary amides is 1. The summed E-state index contributed by atoms with van der Waals surface area (Å²) in [7, 11) is 0. The number of carboxylic acid groups (broad SMARTS) is 1. The highest BCUT2D eigenvalue weighted by atomic mass is 16.4. The fourth-order valence-electron chi connectivity index (χ4n) is 2.70. The van der Waals surface area contributed by atoms with Crippen molar-refractivity contribution in [2.45, 2.75) is 83.3 Å². The van der Waals surface area contributed by atoms with E-state index in [4.69, 9.17) is 16.6 Å². The minimum Gasteiger partial charge on any atom is -0.480 e. The summed E-state index contributed by atoms with van der Waals surface area (Å²) in [5, 5.41) is 35.5. The van der Waals surface area contributed by atoms with Gasteiger partial charge in [0.25, 0.3) is 0 Å². The number of rotatable bonds is 14. The van der Waals surface area contributed by atoms with Crippen LogP contribution in [0.5, 0.6) is 0 Å². The molecule has 4 amide bonds. The Hall–Kier alpha value is -2.77. The van der Waals surface area contributed by atoms with Gasteiger partial charge in [-0.1, -0.05) is 13.8 Å². The summed E-state index contributed by atoms with van der Waals surface area (Å²) >= 11 is 0. The number of aliphatic hydroxyl groups is 2. The number of hydrogen-bond donors (Lipinski definition) is 8. The summed E-state index contributed by atoms with van der Waals surface area (Å²) in [6, 6.07) is -5.43. The van der Waals surface area contributed by atoms with Gasteiger partial charge in [-0.3, -0.25) is 19.2 Å². The summed E-state index contributed by atoms with van der Waals surface area (Å²) in [6.07, 6.45) is -2.86. The highest BCUT2D eigenvalue weighted by Crippen LogP contribution is 2.08. The smallest absolute Gasteiger partial charge is 0.328 e. The predicted octanol–water partition coefficient (Wildman–Crippen LogP) is -3.07. The number of hydrogen-bond acceptors (Lipinski definition) is 8. The molecule has 10 N–H and O–H groups in total. The van der Waals surface area contributed by atoms with Crippen molar-refractivity contribution in [3.05, 3.63) is 0 Å². The van der Waals surface area contributed by atoms with Gasteiger partial charge >= 0.3 is 5.97 Å². The standard InChI is InChI=1S/C19H35N5O8/c1-8(2)7-12(17(29)24-15(10(4)26)19(31)32)22-18(30)14(9(3)25)23-16(28)11(20)5-6-13(21)27/h8-12,14-15,25-26H,5-7,20H2,1-4H3,(H2,21,27)(H,22,30)(H,23,28)(H,24,29)(H,31,32). The van der Waals surface area contributed by atoms with Gasteiger partial charge in [0.05, 0.1) is 18.2 Å². The average molecular weight is 462 g/mol. The Bertz CT molecular complexity index is 683. The van der Waals surface area contributed by atoms with Gasteiger partial charge in [-0.15, -0.1) is 0 Å². The van der Waals surface area contributed by atoms with E-state index in [0.29, 0.717) is 0 Å². The van der Waals surface area contributed by atoms with Crippen LogP contribution < -0.4 is 27.4 Å². The molecular formula is C19H35N5O8. The largest absolute Gasteiger partial charge is 0.480 e. The van der Waals surface area contributed by atoms with E-state index in [-0.39, 0.29) is 25.2 Å². The van der Waals surface area contributed by atoms with Crippen LogP contribution in [-0.4, -0.2) is 81.3 Å². The lowest BCUT2D eigenvalue weighted by atomic mass is 10.0. The number of amides is 4. The van der Waals surface area contributed by atoms with Crippen LogP contribution in [-0.2, 0) is 24.0 Å². The highest BCUT2D eigenvalue weighted by molar-refractivity contribution is 5.94. The molecule has 0 radical (unpaired) electrons. The van der Waals surface area contributed by atoms with E-state index in [2.05, 4.69) is 16.0 Å². The molecule has 0 rings (SSSR count). The zero-order valence-electron chi connectivity index (χ0n) is 18.7. The van der Waals surface area contributed by atoms with E-state index < -0.39 is 66.0 Å². The van der Waals surface area contributed by atoms with Gasteiger partial charge in [-0.2, -0.15) is 0 Å². The third-order valence-corrected chi connectivity index (χ3v) is 4.49. The van der Waals surface area contributed by atoms with E-state index in [1.54, 1.807) is 13.8 Å². The zero-order chi connectivity index (χ0) is 25.2. The van der Waals surface area contributed by atoms with Gasteiger partial charge in [0.1, 0.15) is 12.1 Å². The number of carbonyl (C=O) groups is 5. The van der Waals surface area contributed by atoms with Crippen molar-refractivity contribution in [2.24, 2.45) is 17.4 Å². The molecule has 0 spiro atoms. The molecule has 0 aromatic rings. The minimum atomic E-state index is -1.59. The van der Waals surface area contributed by atoms with Gasteiger partial charge in [0.15, 0.2) is 6.04 Å². The Balaban J connectivity index is 5.39. The van der Waals surface area contributed by atoms with Crippen molar-refractivity contribution in [3.63, 3.8) is 0 Å². The molecule has 6 unspecified atom stereocenters. The number of nitrogens with one attached hydrogen (secondary N) is 3. The Morgan fingerprint density at radius 2 is 1.31 bits per heavy atom. The maximum absolute atomic E-state index is 12.7. The summed E-state index contributed by atoms with van der Waals surface area (Å²) < 4.78 is 0. The van der Waals surface area contributed by atoms with E-state index >= 15 is 0 Å². The lowest BCUT2D eigenvalue weighted by Gasteiger charge is -2.27. The molecule has 0 heterocycles. The maximum atomic E-state index is 12.7. The molecular weight excluding hydrogens is 426 g/mol. The Morgan fingerprint density at radius 3 is 1.72 bits per heavy atom. The minimum absolute atomic E-state index is 0.0659. The fraction of sp³-hybridized carbons (Fsp3) is 0.737. The normalized spacial score (nSPS) is 16.8. The molecule has 0 fully saturated rings. The quantitative estimate of drug-likeness (QED) is 0.131. The number of carboxylic acids is 1. The number of carbonyl (C=O) groups excluding carboxylic acids is 4. The van der Waals surface area contributed by atoms with Crippen LogP contribution in [0.15, 0.2) is 0 Å². The highest BCUT2D eigenvalue weighted by Gasteiger charge is 2.33. The molecule has 6 atom stereocenters. The summed E-state index contributed by atoms with van der Waals surface area (Å²) in [5.41, 5.74) is 10.7. The summed E-state index contributed by atoms with van der Waals surface area (Å²) in [5.74, 6) is -4.77. The van der Waals surface area contributed by atoms with Gasteiger partial charge in [0.2, 0.25) is 23.6 Å². The van der Waals surface area contributed by atoms with Crippen molar-refractivity contribution >= 4 is 29.6 Å². The van der Waals surface area contributed by atoms with Crippen LogP contribution in [0.4, 0.5) is 0 Å². The van der Waals surface area contributed by atoms with Crippen molar-refractivity contribution < 1.29 is 39.3 Å². The van der Waals surface area contributed by atoms with Crippen molar-refractivity contribution in [3.8, 4) is 0 Å². The van der Waals surface area contributed by atoms with Crippen LogP contribution in [0, 0.1) is 5.92 Å². The van der Waals surface area contributed by atoms with Crippen LogP contribution in [0.1, 0.15) is 47.0 Å². The molecule has 0 saturated carbocycles. The van der Waals surface area contributed by atoms with E-state index in [1.807, 2.05) is 0 Å². The molecule has 13 heteroatoms. The van der Waals surface area contributed by atoms with Crippen LogP contribution >= 0.6 is 0 Å². The van der Waals surface area contributed by atoms with Crippen molar-refractivity contribution in [1.82, 2.24) is 16.0 Å². The number of aliphatic hydroxyl groups excluding tert-OH is 2. The van der Waals surface area contributed by atoms with Crippen molar-refractivity contribution in [2.75, 3.05) is 0 Å². The van der Waals surface area contributed by atoms with Gasteiger partial charge in [-0.25, -0.2) is 4.79 Å². The molecule has 0 aliphatic heterocycles. The molecule has 0 bridgehead atoms.